The zero-order valence-electron chi connectivity index (χ0n) is 18.8. The fourth-order valence-electron chi connectivity index (χ4n) is 4.06. The van der Waals surface area contributed by atoms with Crippen LogP contribution in [-0.2, 0) is 20.9 Å². The number of barbiturate groups is 1. The molecule has 36 heavy (non-hydrogen) atoms. The molecule has 8 nitrogen and oxygen atoms in total. The number of carbonyl (C=O) groups excluding carboxylic acids is 4. The zero-order chi connectivity index (χ0) is 25.2. The van der Waals surface area contributed by atoms with E-state index in [1.165, 1.54) is 24.3 Å². The second-order valence-corrected chi connectivity index (χ2v) is 8.05. The molecule has 0 saturated carbocycles. The Morgan fingerprint density at radius 3 is 2.39 bits per heavy atom. The molecule has 1 aromatic heterocycles. The van der Waals surface area contributed by atoms with E-state index in [2.05, 4.69) is 10.6 Å². The fourth-order valence-corrected chi connectivity index (χ4v) is 4.06. The second kappa shape index (κ2) is 9.30. The number of benzene rings is 3. The van der Waals surface area contributed by atoms with Gasteiger partial charge in [0.25, 0.3) is 11.8 Å². The first kappa shape index (κ1) is 22.7. The highest BCUT2D eigenvalue weighted by molar-refractivity contribution is 6.39. The van der Waals surface area contributed by atoms with Crippen molar-refractivity contribution in [1.29, 1.82) is 0 Å². The van der Waals surface area contributed by atoms with Gasteiger partial charge in [0, 0.05) is 28.4 Å². The number of amides is 5. The minimum atomic E-state index is -1.03. The minimum Gasteiger partial charge on any atom is -0.337 e. The van der Waals surface area contributed by atoms with Crippen LogP contribution >= 0.6 is 0 Å². The van der Waals surface area contributed by atoms with E-state index >= 15 is 0 Å². The lowest BCUT2D eigenvalue weighted by molar-refractivity contribution is -0.122. The van der Waals surface area contributed by atoms with Crippen molar-refractivity contribution >= 4 is 52.1 Å². The average Bonchev–Trinajstić information content (AvgIpc) is 3.20. The van der Waals surface area contributed by atoms with Gasteiger partial charge < -0.3 is 9.88 Å². The Bertz CT molecular complexity index is 1560. The Morgan fingerprint density at radius 2 is 1.61 bits per heavy atom. The number of halogens is 1. The molecule has 0 unspecified atom stereocenters. The van der Waals surface area contributed by atoms with Crippen LogP contribution in [0.4, 0.5) is 20.6 Å². The molecule has 178 valence electrons. The first-order chi connectivity index (χ1) is 17.4. The summed E-state index contributed by atoms with van der Waals surface area (Å²) >= 11 is 0. The minimum absolute atomic E-state index is 0.0153. The predicted molar refractivity (Wildman–Crippen MR) is 132 cm³/mol. The maximum absolute atomic E-state index is 14.3. The Hall–Kier alpha value is -5.05. The average molecular weight is 482 g/mol. The van der Waals surface area contributed by atoms with E-state index in [4.69, 9.17) is 0 Å². The van der Waals surface area contributed by atoms with Gasteiger partial charge >= 0.3 is 6.03 Å². The number of rotatable bonds is 5. The van der Waals surface area contributed by atoms with Crippen LogP contribution in [0.25, 0.3) is 17.0 Å². The van der Waals surface area contributed by atoms with Crippen molar-refractivity contribution in [2.45, 2.75) is 6.54 Å². The van der Waals surface area contributed by atoms with Crippen LogP contribution in [0, 0.1) is 5.82 Å². The monoisotopic (exact) mass is 482 g/mol. The van der Waals surface area contributed by atoms with Gasteiger partial charge in [-0.15, -0.1) is 0 Å². The third kappa shape index (κ3) is 4.25. The quantitative estimate of drug-likeness (QED) is 0.331. The SMILES string of the molecule is O=C(Cn1cc(/C=C2\C(=O)NC(=O)N(c3ccccc3F)C2=O)c2ccccc21)Nc1ccccc1. The molecule has 9 heteroatoms. The van der Waals surface area contributed by atoms with E-state index in [0.29, 0.717) is 27.1 Å². The van der Waals surface area contributed by atoms with Gasteiger partial charge in [-0.1, -0.05) is 48.5 Å². The van der Waals surface area contributed by atoms with Gasteiger partial charge in [-0.2, -0.15) is 0 Å². The number of imide groups is 2. The maximum atomic E-state index is 14.3. The maximum Gasteiger partial charge on any atom is 0.336 e. The summed E-state index contributed by atoms with van der Waals surface area (Å²) < 4.78 is 16.0. The molecule has 0 spiro atoms. The summed E-state index contributed by atoms with van der Waals surface area (Å²) in [5.74, 6) is -2.89. The van der Waals surface area contributed by atoms with Gasteiger partial charge in [-0.3, -0.25) is 19.7 Å². The standard InChI is InChI=1S/C27H19FN4O4/c28-21-11-5-7-13-23(21)32-26(35)20(25(34)30-27(32)36)14-17-15-31(22-12-6-4-10-19(17)22)16-24(33)29-18-8-2-1-3-9-18/h1-15H,16H2,(H,29,33)(H,30,34,36)/b20-14+. The lowest BCUT2D eigenvalue weighted by Gasteiger charge is -2.26. The molecular weight excluding hydrogens is 463 g/mol. The number of hydrogen-bond acceptors (Lipinski definition) is 4. The van der Waals surface area contributed by atoms with Crippen molar-refractivity contribution in [3.8, 4) is 0 Å². The number of nitrogens with one attached hydrogen (secondary N) is 2. The molecule has 5 rings (SSSR count). The summed E-state index contributed by atoms with van der Waals surface area (Å²) in [5, 5.41) is 5.60. The molecule has 1 aliphatic rings. The molecule has 4 aromatic rings. The molecule has 5 amide bonds. The van der Waals surface area contributed by atoms with Crippen LogP contribution in [0.2, 0.25) is 0 Å². The van der Waals surface area contributed by atoms with Crippen molar-refractivity contribution in [2.24, 2.45) is 0 Å². The predicted octanol–water partition coefficient (Wildman–Crippen LogP) is 4.09. The molecule has 0 atom stereocenters. The Labute approximate surface area is 204 Å². The molecule has 1 saturated heterocycles. The van der Waals surface area contributed by atoms with Crippen molar-refractivity contribution < 1.29 is 23.6 Å². The smallest absolute Gasteiger partial charge is 0.336 e. The Kier molecular flexibility index (Phi) is 5.87. The number of carbonyl (C=O) groups is 4. The first-order valence-corrected chi connectivity index (χ1v) is 11.0. The number of nitrogens with zero attached hydrogens (tertiary/aromatic N) is 2. The third-order valence-electron chi connectivity index (χ3n) is 5.69. The molecular formula is C27H19FN4O4. The normalized spacial score (nSPS) is 14.9. The summed E-state index contributed by atoms with van der Waals surface area (Å²) in [6.07, 6.45) is 2.98. The van der Waals surface area contributed by atoms with E-state index in [-0.39, 0.29) is 23.7 Å². The summed E-state index contributed by atoms with van der Waals surface area (Å²) in [4.78, 5) is 51.4. The van der Waals surface area contributed by atoms with Gasteiger partial charge in [0.1, 0.15) is 17.9 Å². The largest absolute Gasteiger partial charge is 0.337 e. The molecule has 3 aromatic carbocycles. The molecule has 2 heterocycles. The van der Waals surface area contributed by atoms with Crippen molar-refractivity contribution in [1.82, 2.24) is 9.88 Å². The number of aromatic nitrogens is 1. The highest BCUT2D eigenvalue weighted by Crippen LogP contribution is 2.27. The number of fused-ring (bicyclic) bond motifs is 1. The molecule has 1 aliphatic heterocycles. The van der Waals surface area contributed by atoms with Gasteiger partial charge in [0.2, 0.25) is 5.91 Å². The molecule has 0 radical (unpaired) electrons. The van der Waals surface area contributed by atoms with E-state index in [1.807, 2.05) is 30.3 Å². The van der Waals surface area contributed by atoms with Crippen molar-refractivity contribution in [3.63, 3.8) is 0 Å². The summed E-state index contributed by atoms with van der Waals surface area (Å²) in [6.45, 7) is -0.0153. The summed E-state index contributed by atoms with van der Waals surface area (Å²) in [7, 11) is 0. The van der Waals surface area contributed by atoms with E-state index in [9.17, 15) is 23.6 Å². The highest BCUT2D eigenvalue weighted by atomic mass is 19.1. The molecule has 0 bridgehead atoms. The van der Waals surface area contributed by atoms with Crippen molar-refractivity contribution in [3.05, 3.63) is 102 Å². The van der Waals surface area contributed by atoms with Crippen LogP contribution in [0.15, 0.2) is 90.6 Å². The Balaban J connectivity index is 1.50. The highest BCUT2D eigenvalue weighted by Gasteiger charge is 2.38. The van der Waals surface area contributed by atoms with Crippen LogP contribution in [0.5, 0.6) is 0 Å². The molecule has 2 N–H and O–H groups in total. The number of anilines is 2. The first-order valence-electron chi connectivity index (χ1n) is 11.0. The lowest BCUT2D eigenvalue weighted by Crippen LogP contribution is -2.54. The fraction of sp³-hybridized carbons (Fsp3) is 0.0370. The van der Waals surface area contributed by atoms with E-state index in [1.54, 1.807) is 35.0 Å². The van der Waals surface area contributed by atoms with E-state index < -0.39 is 23.7 Å². The molecule has 0 aliphatic carbocycles. The topological polar surface area (TPSA) is 101 Å². The Morgan fingerprint density at radius 1 is 0.917 bits per heavy atom. The van der Waals surface area contributed by atoms with Gasteiger partial charge in [-0.25, -0.2) is 14.1 Å². The van der Waals surface area contributed by atoms with Crippen LogP contribution in [0.1, 0.15) is 5.56 Å². The van der Waals surface area contributed by atoms with Crippen LogP contribution in [-0.4, -0.2) is 28.3 Å². The van der Waals surface area contributed by atoms with Crippen LogP contribution < -0.4 is 15.5 Å². The van der Waals surface area contributed by atoms with Gasteiger partial charge in [0.05, 0.1) is 5.69 Å². The molecule has 1 fully saturated rings. The number of hydrogen-bond donors (Lipinski definition) is 2. The van der Waals surface area contributed by atoms with Gasteiger partial charge in [-0.05, 0) is 36.4 Å². The van der Waals surface area contributed by atoms with Crippen LogP contribution in [0.3, 0.4) is 0 Å². The second-order valence-electron chi connectivity index (χ2n) is 8.05. The summed E-state index contributed by atoms with van der Waals surface area (Å²) in [5.41, 5.74) is 1.24. The van der Waals surface area contributed by atoms with Crippen molar-refractivity contribution in [2.75, 3.05) is 10.2 Å². The van der Waals surface area contributed by atoms with E-state index in [0.717, 1.165) is 6.07 Å². The zero-order valence-corrected chi connectivity index (χ0v) is 18.8. The van der Waals surface area contributed by atoms with Gasteiger partial charge in [0.15, 0.2) is 0 Å². The lowest BCUT2D eigenvalue weighted by atomic mass is 10.1. The third-order valence-corrected chi connectivity index (χ3v) is 5.69. The number of para-hydroxylation sites is 3. The number of urea groups is 1. The summed E-state index contributed by atoms with van der Waals surface area (Å²) in [6, 6.07) is 20.5.